The van der Waals surface area contributed by atoms with E-state index >= 15 is 0 Å². The van der Waals surface area contributed by atoms with E-state index in [2.05, 4.69) is 23.1 Å². The van der Waals surface area contributed by atoms with Gasteiger partial charge in [-0.25, -0.2) is 18.4 Å². The first kappa shape index (κ1) is 25.9. The molecule has 0 unspecified atom stereocenters. The monoisotopic (exact) mass is 563 g/mol. The number of oxazole rings is 1. The number of halogens is 5. The minimum atomic E-state index is -4.43. The lowest BCUT2D eigenvalue weighted by molar-refractivity contribution is -0.187. The van der Waals surface area contributed by atoms with Crippen molar-refractivity contribution in [3.8, 4) is 17.0 Å². The van der Waals surface area contributed by atoms with Gasteiger partial charge in [-0.15, -0.1) is 0 Å². The van der Waals surface area contributed by atoms with Crippen LogP contribution in [0.25, 0.3) is 23.1 Å². The summed E-state index contributed by atoms with van der Waals surface area (Å²) in [5.74, 6) is -3.34. The molecule has 0 amide bonds. The molecule has 4 aromatic rings. The topological polar surface area (TPSA) is 43.9 Å². The number of benzene rings is 2. The summed E-state index contributed by atoms with van der Waals surface area (Å²) in [6.07, 6.45) is 4.30. The van der Waals surface area contributed by atoms with Crippen molar-refractivity contribution < 1.29 is 26.4 Å². The number of hydrogen-bond acceptors (Lipinski definition) is 3. The summed E-state index contributed by atoms with van der Waals surface area (Å²) in [7, 11) is 0. The van der Waals surface area contributed by atoms with Gasteiger partial charge in [-0.3, -0.25) is 0 Å². The van der Waals surface area contributed by atoms with Crippen LogP contribution in [0.1, 0.15) is 49.3 Å². The number of nitrogens with zero attached hydrogens (tertiary/aromatic N) is 3. The average molecular weight is 564 g/mol. The second-order valence-electron chi connectivity index (χ2n) is 11.4. The highest BCUT2D eigenvalue weighted by atomic mass is 19.4. The van der Waals surface area contributed by atoms with E-state index in [0.29, 0.717) is 30.6 Å². The molecular weight excluding hydrogens is 537 g/mol. The Bertz CT molecular complexity index is 1680. The molecule has 210 valence electrons. The van der Waals surface area contributed by atoms with Crippen molar-refractivity contribution in [3.63, 3.8) is 0 Å². The van der Waals surface area contributed by atoms with E-state index in [1.54, 1.807) is 29.1 Å². The van der Waals surface area contributed by atoms with Crippen molar-refractivity contribution in [1.29, 1.82) is 0 Å². The van der Waals surface area contributed by atoms with E-state index in [-0.39, 0.29) is 18.1 Å². The van der Waals surface area contributed by atoms with E-state index in [1.165, 1.54) is 42.6 Å². The maximum absolute atomic E-state index is 14.4. The Morgan fingerprint density at radius 2 is 1.68 bits per heavy atom. The Hall–Kier alpha value is -4.01. The third-order valence-electron chi connectivity index (χ3n) is 9.10. The van der Waals surface area contributed by atoms with Gasteiger partial charge in [0.05, 0.1) is 35.6 Å². The number of aromatic nitrogens is 3. The van der Waals surface area contributed by atoms with Crippen LogP contribution >= 0.6 is 0 Å². The van der Waals surface area contributed by atoms with Gasteiger partial charge in [-0.2, -0.15) is 18.3 Å². The van der Waals surface area contributed by atoms with Crippen LogP contribution in [0.15, 0.2) is 82.6 Å². The molecule has 41 heavy (non-hydrogen) atoms. The molecule has 1 fully saturated rings. The van der Waals surface area contributed by atoms with Crippen molar-refractivity contribution >= 4 is 6.08 Å². The van der Waals surface area contributed by atoms with Crippen LogP contribution in [-0.4, -0.2) is 20.9 Å². The zero-order chi connectivity index (χ0) is 28.5. The fourth-order valence-electron chi connectivity index (χ4n) is 7.10. The quantitative estimate of drug-likeness (QED) is 0.186. The number of allylic oxidation sites excluding steroid dienone is 3. The molecule has 0 saturated heterocycles. The minimum absolute atomic E-state index is 0.0684. The third kappa shape index (κ3) is 4.24. The van der Waals surface area contributed by atoms with Crippen LogP contribution in [0.2, 0.25) is 0 Å². The second kappa shape index (κ2) is 9.26. The standard InChI is InChI=1S/C32H26F5N3O/c1-31-15-19-16-39-40(23-9-7-22(34)8-10-23)27(19)14-20(31)4-11-24-25(31)12-13-26(32(35,36)37)29(24)30-38-17-28(41-30)18-2-5-21(33)6-3-18/h2-3,5-10,12,14,16-17,24,26,29H,4,11,13,15H2,1H3/t24-,26+,29+,31-/m0/s1. The van der Waals surface area contributed by atoms with Gasteiger partial charge >= 0.3 is 6.18 Å². The molecule has 3 aliphatic rings. The summed E-state index contributed by atoms with van der Waals surface area (Å²) in [6, 6.07) is 11.7. The summed E-state index contributed by atoms with van der Waals surface area (Å²) in [6.45, 7) is 2.11. The van der Waals surface area contributed by atoms with Crippen LogP contribution in [0.4, 0.5) is 22.0 Å². The Kier molecular flexibility index (Phi) is 5.85. The molecule has 2 heterocycles. The van der Waals surface area contributed by atoms with Gasteiger partial charge in [0.1, 0.15) is 11.6 Å². The van der Waals surface area contributed by atoms with Crippen molar-refractivity contribution in [3.05, 3.63) is 107 Å². The van der Waals surface area contributed by atoms with Crippen LogP contribution in [0.5, 0.6) is 0 Å². The predicted octanol–water partition coefficient (Wildman–Crippen LogP) is 8.45. The van der Waals surface area contributed by atoms with E-state index in [4.69, 9.17) is 4.42 Å². The molecule has 2 aromatic carbocycles. The lowest BCUT2D eigenvalue weighted by Gasteiger charge is -2.50. The summed E-state index contributed by atoms with van der Waals surface area (Å²) in [4.78, 5) is 4.36. The van der Waals surface area contributed by atoms with E-state index < -0.39 is 35.2 Å². The van der Waals surface area contributed by atoms with Gasteiger partial charge in [0.2, 0.25) is 0 Å². The number of rotatable bonds is 3. The largest absolute Gasteiger partial charge is 0.440 e. The van der Waals surface area contributed by atoms with Crippen molar-refractivity contribution in [2.24, 2.45) is 17.3 Å². The third-order valence-corrected chi connectivity index (χ3v) is 9.10. The molecule has 0 aliphatic heterocycles. The van der Waals surface area contributed by atoms with Crippen LogP contribution < -0.4 is 0 Å². The zero-order valence-corrected chi connectivity index (χ0v) is 22.1. The lowest BCUT2D eigenvalue weighted by Crippen LogP contribution is -2.44. The Labute approximate surface area is 233 Å². The molecule has 4 atom stereocenters. The minimum Gasteiger partial charge on any atom is -0.440 e. The number of hydrogen-bond donors (Lipinski definition) is 0. The Morgan fingerprint density at radius 3 is 2.39 bits per heavy atom. The van der Waals surface area contributed by atoms with Crippen LogP contribution in [0, 0.1) is 28.9 Å². The smallest absolute Gasteiger partial charge is 0.392 e. The van der Waals surface area contributed by atoms with Gasteiger partial charge in [0, 0.05) is 11.0 Å². The second-order valence-corrected chi connectivity index (χ2v) is 11.4. The molecule has 2 aromatic heterocycles. The lowest BCUT2D eigenvalue weighted by atomic mass is 9.54. The molecule has 4 nitrogen and oxygen atoms in total. The van der Waals surface area contributed by atoms with Gasteiger partial charge in [0.25, 0.3) is 0 Å². The molecule has 9 heteroatoms. The molecule has 0 bridgehead atoms. The van der Waals surface area contributed by atoms with Crippen molar-refractivity contribution in [2.45, 2.75) is 44.7 Å². The van der Waals surface area contributed by atoms with Crippen molar-refractivity contribution in [1.82, 2.24) is 14.8 Å². The Balaban J connectivity index is 1.26. The number of fused-ring (bicyclic) bond motifs is 4. The molecule has 7 rings (SSSR count). The SMILES string of the molecule is C[C@]12Cc3cnn(-c4ccc(F)cc4)c3C=C1CC[C@H]1C2=CC[C@@H](C(F)(F)F)[C@@H]1c1ncc(-c2ccc(F)cc2)o1. The first-order valence-corrected chi connectivity index (χ1v) is 13.6. The highest BCUT2D eigenvalue weighted by molar-refractivity contribution is 5.64. The molecular formula is C32H26F5N3O. The molecule has 0 spiro atoms. The number of alkyl halides is 3. The highest BCUT2D eigenvalue weighted by Gasteiger charge is 2.56. The molecule has 0 N–H and O–H groups in total. The van der Waals surface area contributed by atoms with Crippen LogP contribution in [-0.2, 0) is 6.42 Å². The Morgan fingerprint density at radius 1 is 0.976 bits per heavy atom. The van der Waals surface area contributed by atoms with Crippen LogP contribution in [0.3, 0.4) is 0 Å². The van der Waals surface area contributed by atoms with Crippen molar-refractivity contribution in [2.75, 3.05) is 0 Å². The average Bonchev–Trinajstić information content (AvgIpc) is 3.59. The fourth-order valence-corrected chi connectivity index (χ4v) is 7.10. The predicted molar refractivity (Wildman–Crippen MR) is 143 cm³/mol. The maximum Gasteiger partial charge on any atom is 0.392 e. The van der Waals surface area contributed by atoms with Gasteiger partial charge in [0.15, 0.2) is 11.7 Å². The first-order valence-electron chi connectivity index (χ1n) is 13.6. The summed E-state index contributed by atoms with van der Waals surface area (Å²) in [5, 5.41) is 4.57. The maximum atomic E-state index is 14.4. The fraction of sp³-hybridized carbons (Fsp3) is 0.312. The first-order chi connectivity index (χ1) is 19.6. The van der Waals surface area contributed by atoms with E-state index in [0.717, 1.165) is 28.1 Å². The highest BCUT2D eigenvalue weighted by Crippen LogP contribution is 2.61. The van der Waals surface area contributed by atoms with Gasteiger partial charge in [-0.1, -0.05) is 24.1 Å². The van der Waals surface area contributed by atoms with Gasteiger partial charge < -0.3 is 4.42 Å². The summed E-state index contributed by atoms with van der Waals surface area (Å²) in [5.41, 5.74) is 4.88. The molecule has 1 saturated carbocycles. The summed E-state index contributed by atoms with van der Waals surface area (Å²) < 4.78 is 78.0. The zero-order valence-electron chi connectivity index (χ0n) is 22.1. The molecule has 3 aliphatic carbocycles. The molecule has 0 radical (unpaired) electrons. The normalized spacial score (nSPS) is 25.6. The van der Waals surface area contributed by atoms with E-state index in [1.807, 2.05) is 0 Å². The summed E-state index contributed by atoms with van der Waals surface area (Å²) >= 11 is 0. The van der Waals surface area contributed by atoms with Gasteiger partial charge in [-0.05, 0) is 91.8 Å². The van der Waals surface area contributed by atoms with E-state index in [9.17, 15) is 22.0 Å².